The van der Waals surface area contributed by atoms with Gasteiger partial charge in [-0.15, -0.1) is 0 Å². The first-order chi connectivity index (χ1) is 9.11. The van der Waals surface area contributed by atoms with Gasteiger partial charge in [0.05, 0.1) is 30.0 Å². The molecule has 4 heteroatoms. The van der Waals surface area contributed by atoms with Gasteiger partial charge < -0.3 is 20.5 Å². The molecule has 0 saturated carbocycles. The standard InChI is InChI=1S/C15H22N2O2/c1-9(2)18-15-7-10(3-5-12(15)16)17-13-8-11-4-6-14(13)19-11/h3,5,7,9,11,13-14,17H,4,6,8,16H2,1-2H3. The third-order valence-electron chi connectivity index (χ3n) is 3.83. The number of anilines is 2. The molecule has 104 valence electrons. The van der Waals surface area contributed by atoms with Crippen molar-refractivity contribution in [1.29, 1.82) is 0 Å². The molecule has 4 nitrogen and oxygen atoms in total. The highest BCUT2D eigenvalue weighted by molar-refractivity contribution is 5.61. The molecule has 1 aromatic carbocycles. The third-order valence-corrected chi connectivity index (χ3v) is 3.83. The first-order valence-corrected chi connectivity index (χ1v) is 7.10. The van der Waals surface area contributed by atoms with Crippen LogP contribution in [0.4, 0.5) is 11.4 Å². The van der Waals surface area contributed by atoms with E-state index >= 15 is 0 Å². The maximum Gasteiger partial charge on any atom is 0.144 e. The summed E-state index contributed by atoms with van der Waals surface area (Å²) in [5, 5.41) is 3.55. The van der Waals surface area contributed by atoms with E-state index < -0.39 is 0 Å². The van der Waals surface area contributed by atoms with Crippen LogP contribution in [-0.2, 0) is 4.74 Å². The summed E-state index contributed by atoms with van der Waals surface area (Å²) in [7, 11) is 0. The fourth-order valence-electron chi connectivity index (χ4n) is 2.98. The molecule has 0 spiro atoms. The zero-order chi connectivity index (χ0) is 13.4. The molecule has 2 fully saturated rings. The van der Waals surface area contributed by atoms with E-state index in [1.807, 2.05) is 32.0 Å². The highest BCUT2D eigenvalue weighted by Gasteiger charge is 2.40. The summed E-state index contributed by atoms with van der Waals surface area (Å²) in [6.07, 6.45) is 4.46. The molecule has 0 aliphatic carbocycles. The lowest BCUT2D eigenvalue weighted by atomic mass is 9.95. The van der Waals surface area contributed by atoms with E-state index in [9.17, 15) is 0 Å². The van der Waals surface area contributed by atoms with Crippen molar-refractivity contribution in [1.82, 2.24) is 0 Å². The first kappa shape index (κ1) is 12.6. The highest BCUT2D eigenvalue weighted by Crippen LogP contribution is 2.36. The predicted molar refractivity (Wildman–Crippen MR) is 76.5 cm³/mol. The van der Waals surface area contributed by atoms with Gasteiger partial charge in [-0.1, -0.05) is 0 Å². The minimum absolute atomic E-state index is 0.128. The minimum atomic E-state index is 0.128. The zero-order valence-corrected chi connectivity index (χ0v) is 11.6. The molecule has 0 radical (unpaired) electrons. The molecule has 0 amide bonds. The van der Waals surface area contributed by atoms with Gasteiger partial charge >= 0.3 is 0 Å². The van der Waals surface area contributed by atoms with E-state index in [4.69, 9.17) is 15.2 Å². The number of benzene rings is 1. The van der Waals surface area contributed by atoms with Crippen molar-refractivity contribution in [3.63, 3.8) is 0 Å². The number of ether oxygens (including phenoxy) is 2. The Labute approximate surface area is 114 Å². The van der Waals surface area contributed by atoms with Gasteiger partial charge in [-0.2, -0.15) is 0 Å². The Hall–Kier alpha value is -1.42. The predicted octanol–water partition coefficient (Wildman–Crippen LogP) is 2.79. The number of nitrogens with two attached hydrogens (primary N) is 1. The summed E-state index contributed by atoms with van der Waals surface area (Å²) < 4.78 is 11.6. The SMILES string of the molecule is CC(C)Oc1cc(NC2CC3CCC2O3)ccc1N. The number of rotatable bonds is 4. The maximum atomic E-state index is 5.93. The second-order valence-electron chi connectivity index (χ2n) is 5.78. The second kappa shape index (κ2) is 4.93. The Balaban J connectivity index is 1.71. The molecule has 2 heterocycles. The molecule has 3 rings (SSSR count). The lowest BCUT2D eigenvalue weighted by molar-refractivity contribution is 0.102. The van der Waals surface area contributed by atoms with Crippen LogP contribution in [0.1, 0.15) is 33.1 Å². The lowest BCUT2D eigenvalue weighted by Gasteiger charge is -2.22. The van der Waals surface area contributed by atoms with E-state index in [2.05, 4.69) is 5.32 Å². The Morgan fingerprint density at radius 3 is 2.84 bits per heavy atom. The number of fused-ring (bicyclic) bond motifs is 2. The van der Waals surface area contributed by atoms with Crippen LogP contribution in [0, 0.1) is 0 Å². The van der Waals surface area contributed by atoms with E-state index in [-0.39, 0.29) is 6.10 Å². The highest BCUT2D eigenvalue weighted by atomic mass is 16.5. The van der Waals surface area contributed by atoms with Crippen molar-refractivity contribution in [3.05, 3.63) is 18.2 Å². The van der Waals surface area contributed by atoms with Crippen molar-refractivity contribution >= 4 is 11.4 Å². The summed E-state index contributed by atoms with van der Waals surface area (Å²) in [5.74, 6) is 0.754. The molecule has 2 aliphatic rings. The quantitative estimate of drug-likeness (QED) is 0.819. The van der Waals surface area contributed by atoms with Crippen molar-refractivity contribution in [3.8, 4) is 5.75 Å². The molecular formula is C15H22N2O2. The topological polar surface area (TPSA) is 56.5 Å². The zero-order valence-electron chi connectivity index (χ0n) is 11.6. The molecule has 3 N–H and O–H groups in total. The van der Waals surface area contributed by atoms with Crippen molar-refractivity contribution < 1.29 is 9.47 Å². The molecule has 3 unspecified atom stereocenters. The molecule has 2 aliphatic heterocycles. The second-order valence-corrected chi connectivity index (χ2v) is 5.78. The van der Waals surface area contributed by atoms with Gasteiger partial charge in [0.25, 0.3) is 0 Å². The van der Waals surface area contributed by atoms with E-state index in [0.29, 0.717) is 23.9 Å². The number of nitrogens with one attached hydrogen (secondary N) is 1. The van der Waals surface area contributed by atoms with E-state index in [1.165, 1.54) is 12.8 Å². The van der Waals surface area contributed by atoms with Gasteiger partial charge in [-0.05, 0) is 45.2 Å². The Morgan fingerprint density at radius 1 is 1.37 bits per heavy atom. The van der Waals surface area contributed by atoms with E-state index in [0.717, 1.165) is 17.9 Å². The Bertz CT molecular complexity index is 461. The fraction of sp³-hybridized carbons (Fsp3) is 0.600. The van der Waals surface area contributed by atoms with Crippen molar-refractivity contribution in [2.45, 2.75) is 57.5 Å². The number of hydrogen-bond acceptors (Lipinski definition) is 4. The monoisotopic (exact) mass is 262 g/mol. The average molecular weight is 262 g/mol. The maximum absolute atomic E-state index is 5.93. The van der Waals surface area contributed by atoms with Crippen LogP contribution in [0.25, 0.3) is 0 Å². The van der Waals surface area contributed by atoms with Gasteiger partial charge in [0.1, 0.15) is 5.75 Å². The molecule has 2 bridgehead atoms. The van der Waals surface area contributed by atoms with Gasteiger partial charge in [-0.3, -0.25) is 0 Å². The van der Waals surface area contributed by atoms with Crippen LogP contribution < -0.4 is 15.8 Å². The summed E-state index contributed by atoms with van der Waals surface area (Å²) in [6, 6.07) is 6.32. The molecule has 19 heavy (non-hydrogen) atoms. The van der Waals surface area contributed by atoms with Crippen LogP contribution >= 0.6 is 0 Å². The van der Waals surface area contributed by atoms with E-state index in [1.54, 1.807) is 0 Å². The Kier molecular flexibility index (Phi) is 3.27. The third kappa shape index (κ3) is 2.63. The molecular weight excluding hydrogens is 240 g/mol. The Morgan fingerprint density at radius 2 is 2.21 bits per heavy atom. The lowest BCUT2D eigenvalue weighted by Crippen LogP contribution is -2.30. The average Bonchev–Trinajstić information content (AvgIpc) is 2.95. The summed E-state index contributed by atoms with van der Waals surface area (Å²) in [5.41, 5.74) is 7.67. The number of hydrogen-bond donors (Lipinski definition) is 2. The number of nitrogen functional groups attached to an aromatic ring is 1. The summed E-state index contributed by atoms with van der Waals surface area (Å²) >= 11 is 0. The van der Waals surface area contributed by atoms with Crippen LogP contribution in [0.2, 0.25) is 0 Å². The molecule has 3 atom stereocenters. The molecule has 1 aromatic rings. The summed E-state index contributed by atoms with van der Waals surface area (Å²) in [6.45, 7) is 4.01. The van der Waals surface area contributed by atoms with Crippen LogP contribution in [0.15, 0.2) is 18.2 Å². The van der Waals surface area contributed by atoms with Gasteiger partial charge in [-0.25, -0.2) is 0 Å². The van der Waals surface area contributed by atoms with Crippen LogP contribution in [-0.4, -0.2) is 24.4 Å². The minimum Gasteiger partial charge on any atom is -0.489 e. The van der Waals surface area contributed by atoms with Gasteiger partial charge in [0.2, 0.25) is 0 Å². The van der Waals surface area contributed by atoms with Crippen molar-refractivity contribution in [2.24, 2.45) is 0 Å². The van der Waals surface area contributed by atoms with Gasteiger partial charge in [0, 0.05) is 11.8 Å². The van der Waals surface area contributed by atoms with Crippen LogP contribution in [0.5, 0.6) is 5.75 Å². The van der Waals surface area contributed by atoms with Crippen LogP contribution in [0.3, 0.4) is 0 Å². The first-order valence-electron chi connectivity index (χ1n) is 7.10. The molecule has 0 aromatic heterocycles. The van der Waals surface area contributed by atoms with Crippen molar-refractivity contribution in [2.75, 3.05) is 11.1 Å². The summed E-state index contributed by atoms with van der Waals surface area (Å²) in [4.78, 5) is 0. The fourth-order valence-corrected chi connectivity index (χ4v) is 2.98. The largest absolute Gasteiger partial charge is 0.489 e. The smallest absolute Gasteiger partial charge is 0.144 e. The van der Waals surface area contributed by atoms with Gasteiger partial charge in [0.15, 0.2) is 0 Å². The molecule has 2 saturated heterocycles. The normalized spacial score (nSPS) is 28.9.